The second kappa shape index (κ2) is 5.93. The lowest BCUT2D eigenvalue weighted by Crippen LogP contribution is -2.26. The molecule has 0 saturated heterocycles. The second-order valence-electron chi connectivity index (χ2n) is 4.34. The number of benzene rings is 1. The van der Waals surface area contributed by atoms with Gasteiger partial charge >= 0.3 is 0 Å². The molecule has 0 fully saturated rings. The Morgan fingerprint density at radius 3 is 3.17 bits per heavy atom. The molecule has 2 rings (SSSR count). The third-order valence-electron chi connectivity index (χ3n) is 2.72. The first-order valence-corrected chi connectivity index (χ1v) is 6.95. The van der Waals surface area contributed by atoms with Crippen LogP contribution in [0.2, 0.25) is 0 Å². The normalized spacial score (nSPS) is 12.6. The van der Waals surface area contributed by atoms with Crippen molar-refractivity contribution in [2.45, 2.75) is 32.2 Å². The molecule has 1 heterocycles. The number of nitrogens with two attached hydrogens (primary N) is 1. The van der Waals surface area contributed by atoms with Crippen LogP contribution in [0, 0.1) is 0 Å². The van der Waals surface area contributed by atoms with Crippen LogP contribution in [0.1, 0.15) is 26.2 Å². The van der Waals surface area contributed by atoms with Crippen LogP contribution in [-0.2, 0) is 4.79 Å². The van der Waals surface area contributed by atoms with Crippen molar-refractivity contribution in [2.24, 2.45) is 5.73 Å². The Labute approximate surface area is 110 Å². The van der Waals surface area contributed by atoms with Crippen LogP contribution >= 0.6 is 11.3 Å². The molecule has 0 bridgehead atoms. The number of nitrogens with one attached hydrogen (secondary N) is 1. The Hall–Kier alpha value is -1.46. The maximum atomic E-state index is 11.8. The summed E-state index contributed by atoms with van der Waals surface area (Å²) in [5, 5.41) is 2.87. The smallest absolute Gasteiger partial charge is 0.225 e. The molecule has 0 aliphatic rings. The van der Waals surface area contributed by atoms with Gasteiger partial charge in [0, 0.05) is 18.2 Å². The van der Waals surface area contributed by atoms with E-state index in [-0.39, 0.29) is 11.9 Å². The maximum absolute atomic E-state index is 11.8. The average molecular weight is 263 g/mol. The first-order valence-electron chi connectivity index (χ1n) is 6.07. The zero-order chi connectivity index (χ0) is 13.0. The first-order chi connectivity index (χ1) is 8.69. The minimum Gasteiger partial charge on any atom is -0.327 e. The molecular formula is C13H17N3OS. The predicted octanol–water partition coefficient (Wildman–Crippen LogP) is 2.75. The standard InChI is InChI=1S/C13H17N3OS/c1-2-3-9(14)6-13(17)16-10-4-5-11-12(7-10)18-8-15-11/h4-5,7-9H,2-3,6,14H2,1H3,(H,16,17). The van der Waals surface area contributed by atoms with E-state index >= 15 is 0 Å². The lowest BCUT2D eigenvalue weighted by Gasteiger charge is -2.10. The Kier molecular flexibility index (Phi) is 4.28. The van der Waals surface area contributed by atoms with Crippen molar-refractivity contribution >= 4 is 33.1 Å². The zero-order valence-corrected chi connectivity index (χ0v) is 11.2. The molecule has 2 aromatic rings. The molecule has 1 atom stereocenters. The van der Waals surface area contributed by atoms with E-state index in [1.165, 1.54) is 0 Å². The quantitative estimate of drug-likeness (QED) is 0.871. The van der Waals surface area contributed by atoms with E-state index < -0.39 is 0 Å². The van der Waals surface area contributed by atoms with Gasteiger partial charge in [-0.1, -0.05) is 13.3 Å². The molecule has 4 nitrogen and oxygen atoms in total. The third-order valence-corrected chi connectivity index (χ3v) is 3.51. The number of carbonyl (C=O) groups is 1. The van der Waals surface area contributed by atoms with Gasteiger partial charge in [0.25, 0.3) is 0 Å². The molecule has 0 aliphatic heterocycles. The summed E-state index contributed by atoms with van der Waals surface area (Å²) in [4.78, 5) is 16.0. The fourth-order valence-electron chi connectivity index (χ4n) is 1.86. The molecule has 1 aromatic carbocycles. The van der Waals surface area contributed by atoms with Gasteiger partial charge in [-0.2, -0.15) is 0 Å². The van der Waals surface area contributed by atoms with E-state index in [2.05, 4.69) is 17.2 Å². The van der Waals surface area contributed by atoms with Crippen LogP contribution in [0.25, 0.3) is 10.2 Å². The maximum Gasteiger partial charge on any atom is 0.225 e. The number of hydrogen-bond donors (Lipinski definition) is 2. The van der Waals surface area contributed by atoms with Crippen molar-refractivity contribution in [3.63, 3.8) is 0 Å². The van der Waals surface area contributed by atoms with Gasteiger partial charge in [0.15, 0.2) is 0 Å². The molecule has 0 saturated carbocycles. The summed E-state index contributed by atoms with van der Waals surface area (Å²) < 4.78 is 1.07. The highest BCUT2D eigenvalue weighted by molar-refractivity contribution is 7.16. The largest absolute Gasteiger partial charge is 0.327 e. The lowest BCUT2D eigenvalue weighted by molar-refractivity contribution is -0.116. The van der Waals surface area contributed by atoms with Gasteiger partial charge in [0.1, 0.15) is 0 Å². The van der Waals surface area contributed by atoms with Gasteiger partial charge in [-0.15, -0.1) is 11.3 Å². The highest BCUT2D eigenvalue weighted by Gasteiger charge is 2.09. The Morgan fingerprint density at radius 2 is 2.39 bits per heavy atom. The van der Waals surface area contributed by atoms with Crippen LogP contribution in [0.4, 0.5) is 5.69 Å². The molecule has 1 amide bonds. The van der Waals surface area contributed by atoms with Crippen LogP contribution in [0.5, 0.6) is 0 Å². The number of nitrogens with zero attached hydrogens (tertiary/aromatic N) is 1. The molecule has 5 heteroatoms. The highest BCUT2D eigenvalue weighted by Crippen LogP contribution is 2.21. The van der Waals surface area contributed by atoms with E-state index in [1.807, 2.05) is 18.2 Å². The summed E-state index contributed by atoms with van der Waals surface area (Å²) >= 11 is 1.56. The van der Waals surface area contributed by atoms with Crippen molar-refractivity contribution < 1.29 is 4.79 Å². The summed E-state index contributed by atoms with van der Waals surface area (Å²) in [7, 11) is 0. The fraction of sp³-hybridized carbons (Fsp3) is 0.385. The number of hydrogen-bond acceptors (Lipinski definition) is 4. The monoisotopic (exact) mass is 263 g/mol. The van der Waals surface area contributed by atoms with Crippen molar-refractivity contribution in [1.82, 2.24) is 4.98 Å². The summed E-state index contributed by atoms with van der Waals surface area (Å²) in [6, 6.07) is 5.66. The second-order valence-corrected chi connectivity index (χ2v) is 5.22. The molecule has 18 heavy (non-hydrogen) atoms. The molecule has 1 aromatic heterocycles. The number of carbonyl (C=O) groups excluding carboxylic acids is 1. The number of fused-ring (bicyclic) bond motifs is 1. The van der Waals surface area contributed by atoms with Gasteiger partial charge in [-0.05, 0) is 24.6 Å². The van der Waals surface area contributed by atoms with Gasteiger partial charge < -0.3 is 11.1 Å². The van der Waals surface area contributed by atoms with Crippen LogP contribution < -0.4 is 11.1 Å². The average Bonchev–Trinajstić information content (AvgIpc) is 2.76. The SMILES string of the molecule is CCCC(N)CC(=O)Nc1ccc2ncsc2c1. The third kappa shape index (κ3) is 3.27. The van der Waals surface area contributed by atoms with Gasteiger partial charge in [-0.25, -0.2) is 4.98 Å². The minimum atomic E-state index is -0.0536. The Morgan fingerprint density at radius 1 is 1.56 bits per heavy atom. The van der Waals surface area contributed by atoms with Crippen molar-refractivity contribution in [3.8, 4) is 0 Å². The first kappa shape index (κ1) is 13.0. The minimum absolute atomic E-state index is 0.0279. The molecule has 3 N–H and O–H groups in total. The summed E-state index contributed by atoms with van der Waals surface area (Å²) in [5.74, 6) is -0.0279. The van der Waals surface area contributed by atoms with E-state index in [0.717, 1.165) is 28.7 Å². The van der Waals surface area contributed by atoms with Crippen molar-refractivity contribution in [3.05, 3.63) is 23.7 Å². The fourth-order valence-corrected chi connectivity index (χ4v) is 2.57. The number of anilines is 1. The number of rotatable bonds is 5. The Bertz CT molecular complexity index is 538. The number of amides is 1. The number of aromatic nitrogens is 1. The molecule has 0 spiro atoms. The van der Waals surface area contributed by atoms with Gasteiger partial charge in [-0.3, -0.25) is 4.79 Å². The van der Waals surface area contributed by atoms with Crippen LogP contribution in [0.15, 0.2) is 23.7 Å². The van der Waals surface area contributed by atoms with Crippen molar-refractivity contribution in [2.75, 3.05) is 5.32 Å². The van der Waals surface area contributed by atoms with Crippen LogP contribution in [0.3, 0.4) is 0 Å². The molecule has 0 radical (unpaired) electrons. The lowest BCUT2D eigenvalue weighted by atomic mass is 10.1. The topological polar surface area (TPSA) is 68.0 Å². The van der Waals surface area contributed by atoms with Gasteiger partial charge in [0.05, 0.1) is 15.7 Å². The van der Waals surface area contributed by atoms with Crippen molar-refractivity contribution in [1.29, 1.82) is 0 Å². The van der Waals surface area contributed by atoms with Gasteiger partial charge in [0.2, 0.25) is 5.91 Å². The Balaban J connectivity index is 1.97. The van der Waals surface area contributed by atoms with E-state index in [0.29, 0.717) is 6.42 Å². The van der Waals surface area contributed by atoms with E-state index in [4.69, 9.17) is 5.73 Å². The van der Waals surface area contributed by atoms with Crippen LogP contribution in [-0.4, -0.2) is 16.9 Å². The molecule has 1 unspecified atom stereocenters. The molecular weight excluding hydrogens is 246 g/mol. The predicted molar refractivity (Wildman–Crippen MR) is 75.8 cm³/mol. The summed E-state index contributed by atoms with van der Waals surface area (Å²) in [5.41, 5.74) is 9.41. The van der Waals surface area contributed by atoms with E-state index in [9.17, 15) is 4.79 Å². The summed E-state index contributed by atoms with van der Waals surface area (Å²) in [6.45, 7) is 2.06. The molecule has 0 aliphatic carbocycles. The highest BCUT2D eigenvalue weighted by atomic mass is 32.1. The molecule has 96 valence electrons. The number of thiazole rings is 1. The summed E-state index contributed by atoms with van der Waals surface area (Å²) in [6.07, 6.45) is 2.25. The zero-order valence-electron chi connectivity index (χ0n) is 10.3. The van der Waals surface area contributed by atoms with E-state index in [1.54, 1.807) is 16.8 Å².